The second kappa shape index (κ2) is 22.4. The Morgan fingerprint density at radius 1 is 0.982 bits per heavy atom. The number of halogens is 1. The zero-order valence-electron chi connectivity index (χ0n) is 36.1. The lowest BCUT2D eigenvalue weighted by atomic mass is 9.78. The van der Waals surface area contributed by atoms with E-state index in [-0.39, 0.29) is 54.4 Å². The molecule has 1 saturated carbocycles. The molecular weight excluding hydrogens is 754 g/mol. The van der Waals surface area contributed by atoms with Crippen LogP contribution in [0.1, 0.15) is 119 Å². The number of esters is 1. The van der Waals surface area contributed by atoms with Crippen LogP contribution in [0.3, 0.4) is 0 Å². The van der Waals surface area contributed by atoms with Gasteiger partial charge in [0.1, 0.15) is 17.9 Å². The van der Waals surface area contributed by atoms with E-state index >= 15 is 0 Å². The quantitative estimate of drug-likeness (QED) is 0.130. The number of allylic oxidation sites excluding steroid dienone is 3. The summed E-state index contributed by atoms with van der Waals surface area (Å²) in [6.45, 7) is 13.5. The van der Waals surface area contributed by atoms with Crippen LogP contribution < -0.4 is 0 Å². The molecule has 0 spiro atoms. The number of piperidine rings is 1. The summed E-state index contributed by atoms with van der Waals surface area (Å²) in [5.41, 5.74) is 1.74. The monoisotopic (exact) mass is 825 g/mol. The number of alkyl halides is 1. The van der Waals surface area contributed by atoms with Crippen LogP contribution in [-0.2, 0) is 38.1 Å². The fraction of sp³-hybridized carbons (Fsp3) is 0.818. The molecule has 13 heteroatoms. The average Bonchev–Trinajstić information content (AvgIpc) is 3.19. The lowest BCUT2D eigenvalue weighted by Crippen LogP contribution is -2.63. The number of cyclic esters (lactones) is 1. The minimum atomic E-state index is -2.41. The van der Waals surface area contributed by atoms with Crippen LogP contribution in [0.15, 0.2) is 23.3 Å². The highest BCUT2D eigenvalue weighted by molar-refractivity contribution is 6.39. The molecule has 4 rings (SSSR count). The molecule has 326 valence electrons. The zero-order chi connectivity index (χ0) is 42.8. The number of methoxy groups -OCH3 is 2. The van der Waals surface area contributed by atoms with E-state index in [1.54, 1.807) is 28.1 Å². The zero-order valence-corrected chi connectivity index (χ0v) is 36.8. The standard InChI is InChI=1S/C43H68ClNO10.CH4O/c1-10-31-18-24(2)17-25(3)19-37(53-9)39-26(4)20-28(6)43(51,55-39)40(48)41(49)45-16-12-11-13-33(45)42(50)54-38(29(7)34(46)23-35(31)47)27(5)21-30-14-15-32(44)36(22-30)52-8;1-2/h18,21,25-26,28-34,36-39,46,51H,10-17,19-20,22-23H2,1-9H3;2H,1H3/b24-18+,27-21+;/t25-,26?,28?,29+,30-,31+,32?,33-,34-,36?,37-,38+,39-,43?;/m0./s1. The van der Waals surface area contributed by atoms with Gasteiger partial charge >= 0.3 is 5.97 Å². The summed E-state index contributed by atoms with van der Waals surface area (Å²) in [6, 6.07) is -1.09. The van der Waals surface area contributed by atoms with Crippen LogP contribution in [0, 0.1) is 35.5 Å². The third kappa shape index (κ3) is 12.2. The summed E-state index contributed by atoms with van der Waals surface area (Å²) in [5, 5.41) is 30.5. The van der Waals surface area contributed by atoms with E-state index in [1.807, 2.05) is 33.8 Å². The molecule has 0 radical (unpaired) electrons. The SMILES string of the molecule is CC[C@@H]1/C=C(\C)C[C@H](C)C[C@H](OC)[C@H]2OC(O)(C(=O)C(=O)N3CCCC[C@H]3C(=O)O[C@H](/C(C)=C/[C@@H]3CCC(Cl)C(OC)C3)[C@H](C)[C@@H](O)CC1=O)C(C)CC2C.CO. The lowest BCUT2D eigenvalue weighted by Gasteiger charge is -2.46. The van der Waals surface area contributed by atoms with Crippen molar-refractivity contribution in [2.75, 3.05) is 27.9 Å². The molecule has 4 aliphatic rings. The number of rotatable bonds is 5. The second-order valence-electron chi connectivity index (χ2n) is 17.3. The number of amides is 1. The van der Waals surface area contributed by atoms with Crippen molar-refractivity contribution in [2.24, 2.45) is 35.5 Å². The van der Waals surface area contributed by atoms with E-state index in [1.165, 1.54) is 4.90 Å². The van der Waals surface area contributed by atoms with Gasteiger partial charge in [0.15, 0.2) is 0 Å². The van der Waals surface area contributed by atoms with E-state index in [0.29, 0.717) is 50.5 Å². The van der Waals surface area contributed by atoms with Crippen LogP contribution in [-0.4, -0.2) is 119 Å². The first kappa shape index (κ1) is 49.2. The Morgan fingerprint density at radius 3 is 2.28 bits per heavy atom. The molecule has 3 aliphatic heterocycles. The number of ether oxygens (including phenoxy) is 4. The Kier molecular flexibility index (Phi) is 19.3. The predicted molar refractivity (Wildman–Crippen MR) is 218 cm³/mol. The van der Waals surface area contributed by atoms with Gasteiger partial charge in [-0.3, -0.25) is 14.4 Å². The van der Waals surface area contributed by atoms with Crippen LogP contribution in [0.2, 0.25) is 0 Å². The number of carbonyl (C=O) groups is 4. The largest absolute Gasteiger partial charge is 0.456 e. The molecule has 1 amide bonds. The van der Waals surface area contributed by atoms with E-state index in [0.717, 1.165) is 25.5 Å². The molecule has 14 atom stereocenters. The third-order valence-corrected chi connectivity index (χ3v) is 13.4. The van der Waals surface area contributed by atoms with Crippen LogP contribution in [0.4, 0.5) is 0 Å². The van der Waals surface area contributed by atoms with Gasteiger partial charge in [-0.2, -0.15) is 0 Å². The molecular formula is C44H72ClNO11. The smallest absolute Gasteiger partial charge is 0.329 e. The highest BCUT2D eigenvalue weighted by Crippen LogP contribution is 2.41. The highest BCUT2D eigenvalue weighted by atomic mass is 35.5. The number of Topliss-reactive ketones (excluding diaryl/α,β-unsaturated/α-hetero) is 2. The van der Waals surface area contributed by atoms with Gasteiger partial charge in [0.2, 0.25) is 5.79 Å². The maximum Gasteiger partial charge on any atom is 0.329 e. The molecule has 3 heterocycles. The molecule has 0 aromatic heterocycles. The minimum absolute atomic E-state index is 0.0830. The molecule has 1 aliphatic carbocycles. The van der Waals surface area contributed by atoms with Gasteiger partial charge in [-0.05, 0) is 101 Å². The van der Waals surface area contributed by atoms with Crippen molar-refractivity contribution < 1.29 is 53.4 Å². The topological polar surface area (TPSA) is 169 Å². The van der Waals surface area contributed by atoms with Gasteiger partial charge in [-0.15, -0.1) is 11.6 Å². The number of hydrogen-bond donors (Lipinski definition) is 3. The molecule has 3 N–H and O–H groups in total. The van der Waals surface area contributed by atoms with Crippen LogP contribution in [0.5, 0.6) is 0 Å². The van der Waals surface area contributed by atoms with Crippen molar-refractivity contribution in [3.63, 3.8) is 0 Å². The number of aliphatic hydroxyl groups is 3. The summed E-state index contributed by atoms with van der Waals surface area (Å²) < 4.78 is 24.1. The summed E-state index contributed by atoms with van der Waals surface area (Å²) in [4.78, 5) is 57.6. The highest BCUT2D eigenvalue weighted by Gasteiger charge is 2.55. The van der Waals surface area contributed by atoms with Gasteiger partial charge in [-0.1, -0.05) is 52.3 Å². The molecule has 3 fully saturated rings. The maximum atomic E-state index is 14.3. The number of aliphatic hydroxyl groups excluding tert-OH is 2. The van der Waals surface area contributed by atoms with Crippen LogP contribution >= 0.6 is 11.6 Å². The van der Waals surface area contributed by atoms with Gasteiger partial charge in [0.25, 0.3) is 11.7 Å². The fourth-order valence-corrected chi connectivity index (χ4v) is 9.84. The van der Waals surface area contributed by atoms with Crippen molar-refractivity contribution in [1.82, 2.24) is 4.90 Å². The Bertz CT molecular complexity index is 1420. The molecule has 12 nitrogen and oxygen atoms in total. The van der Waals surface area contributed by atoms with Crippen molar-refractivity contribution in [1.29, 1.82) is 0 Å². The van der Waals surface area contributed by atoms with Crippen molar-refractivity contribution in [3.8, 4) is 0 Å². The summed E-state index contributed by atoms with van der Waals surface area (Å²) >= 11 is 6.52. The molecule has 57 heavy (non-hydrogen) atoms. The predicted octanol–water partition coefficient (Wildman–Crippen LogP) is 5.95. The van der Waals surface area contributed by atoms with E-state index in [2.05, 4.69) is 13.0 Å². The Hall–Kier alpha value is -2.19. The van der Waals surface area contributed by atoms with Crippen molar-refractivity contribution in [2.45, 2.75) is 167 Å². The van der Waals surface area contributed by atoms with Crippen molar-refractivity contribution in [3.05, 3.63) is 23.3 Å². The molecule has 5 unspecified atom stereocenters. The summed E-state index contributed by atoms with van der Waals surface area (Å²) in [5.74, 6) is -6.98. The van der Waals surface area contributed by atoms with Gasteiger partial charge in [0, 0.05) is 52.0 Å². The summed E-state index contributed by atoms with van der Waals surface area (Å²) in [7, 11) is 4.22. The summed E-state index contributed by atoms with van der Waals surface area (Å²) in [6.07, 6.45) is 6.50. The Balaban J connectivity index is 0.00000428. The van der Waals surface area contributed by atoms with E-state index < -0.39 is 71.7 Å². The Labute approximate surface area is 346 Å². The lowest BCUT2D eigenvalue weighted by molar-refractivity contribution is -0.290. The molecule has 2 bridgehead atoms. The van der Waals surface area contributed by atoms with Gasteiger partial charge in [0.05, 0.1) is 29.8 Å². The normalized spacial score (nSPS) is 40.7. The van der Waals surface area contributed by atoms with E-state index in [9.17, 15) is 29.4 Å². The van der Waals surface area contributed by atoms with Crippen LogP contribution in [0.25, 0.3) is 0 Å². The number of carbonyl (C=O) groups excluding carboxylic acids is 4. The molecule has 0 aromatic carbocycles. The number of hydrogen-bond acceptors (Lipinski definition) is 11. The molecule has 2 saturated heterocycles. The Morgan fingerprint density at radius 2 is 1.65 bits per heavy atom. The first-order valence-electron chi connectivity index (χ1n) is 21.1. The first-order chi connectivity index (χ1) is 26.9. The third-order valence-electron chi connectivity index (χ3n) is 12.9. The average molecular weight is 827 g/mol. The maximum absolute atomic E-state index is 14.3. The fourth-order valence-electron chi connectivity index (χ4n) is 9.51. The first-order valence-corrected chi connectivity index (χ1v) is 21.6. The molecule has 0 aromatic rings. The number of ketones is 2. The number of fused-ring (bicyclic) bond motifs is 3. The second-order valence-corrected chi connectivity index (χ2v) is 17.9. The van der Waals surface area contributed by atoms with Gasteiger partial charge < -0.3 is 39.2 Å². The van der Waals surface area contributed by atoms with Crippen molar-refractivity contribution >= 4 is 35.0 Å². The number of nitrogens with zero attached hydrogens (tertiary/aromatic N) is 1. The van der Waals surface area contributed by atoms with Gasteiger partial charge in [-0.25, -0.2) is 4.79 Å². The minimum Gasteiger partial charge on any atom is -0.456 e. The van der Waals surface area contributed by atoms with E-state index in [4.69, 9.17) is 35.7 Å².